The molecule has 0 aliphatic carbocycles. The van der Waals surface area contributed by atoms with Gasteiger partial charge in [0.1, 0.15) is 5.03 Å². The van der Waals surface area contributed by atoms with Crippen LogP contribution in [0.3, 0.4) is 0 Å². The minimum absolute atomic E-state index is 0.0533. The predicted octanol–water partition coefficient (Wildman–Crippen LogP) is 3.97. The standard InChI is InChI=1S/C21H21F2N5O2S/c1-14(18-25-17(26-30-18)15-6-3-2-4-7-15)27-10-12-28(13-11-27)20(29)16-8-5-9-24-19(16)31-21(22)23/h2-9,14,21H,10-13H2,1H3. The molecule has 1 aliphatic heterocycles. The summed E-state index contributed by atoms with van der Waals surface area (Å²) >= 11 is 0.291. The number of aromatic nitrogens is 3. The SMILES string of the molecule is CC(c1nc(-c2ccccc2)no1)N1CCN(C(=O)c2cccnc2SC(F)F)CC1. The molecule has 4 rings (SSSR count). The number of benzene rings is 1. The van der Waals surface area contributed by atoms with Crippen LogP contribution in [0.5, 0.6) is 0 Å². The van der Waals surface area contributed by atoms with Gasteiger partial charge in [0, 0.05) is 37.9 Å². The van der Waals surface area contributed by atoms with Crippen LogP contribution in [0.15, 0.2) is 58.2 Å². The van der Waals surface area contributed by atoms with E-state index in [9.17, 15) is 13.6 Å². The molecule has 3 aromatic rings. The van der Waals surface area contributed by atoms with E-state index < -0.39 is 5.76 Å². The molecule has 31 heavy (non-hydrogen) atoms. The zero-order chi connectivity index (χ0) is 21.8. The minimum atomic E-state index is -2.63. The molecule has 3 heterocycles. The smallest absolute Gasteiger partial charge is 0.290 e. The molecular formula is C21H21F2N5O2S. The summed E-state index contributed by atoms with van der Waals surface area (Å²) in [5.74, 6) is -1.86. The highest BCUT2D eigenvalue weighted by atomic mass is 32.2. The monoisotopic (exact) mass is 445 g/mol. The number of hydrogen-bond donors (Lipinski definition) is 0. The summed E-state index contributed by atoms with van der Waals surface area (Å²) in [4.78, 5) is 25.2. The van der Waals surface area contributed by atoms with Gasteiger partial charge in [-0.3, -0.25) is 9.69 Å². The highest BCUT2D eigenvalue weighted by Gasteiger charge is 2.29. The fourth-order valence-corrected chi connectivity index (χ4v) is 4.05. The van der Waals surface area contributed by atoms with Crippen LogP contribution >= 0.6 is 11.8 Å². The number of carbonyl (C=O) groups is 1. The van der Waals surface area contributed by atoms with E-state index in [0.29, 0.717) is 49.7 Å². The first kappa shape index (κ1) is 21.4. The van der Waals surface area contributed by atoms with E-state index >= 15 is 0 Å². The molecule has 1 aliphatic rings. The molecular weight excluding hydrogens is 424 g/mol. The lowest BCUT2D eigenvalue weighted by atomic mass is 10.2. The highest BCUT2D eigenvalue weighted by molar-refractivity contribution is 7.99. The largest absolute Gasteiger partial charge is 0.337 e. The van der Waals surface area contributed by atoms with Crippen LogP contribution < -0.4 is 0 Å². The van der Waals surface area contributed by atoms with Crippen molar-refractivity contribution in [3.63, 3.8) is 0 Å². The fourth-order valence-electron chi connectivity index (χ4n) is 3.48. The van der Waals surface area contributed by atoms with Crippen LogP contribution in [-0.4, -0.2) is 62.8 Å². The first-order chi connectivity index (χ1) is 15.0. The lowest BCUT2D eigenvalue weighted by Crippen LogP contribution is -2.49. The summed E-state index contributed by atoms with van der Waals surface area (Å²) in [5.41, 5.74) is 1.09. The zero-order valence-corrected chi connectivity index (χ0v) is 17.6. The van der Waals surface area contributed by atoms with Crippen LogP contribution in [0.1, 0.15) is 29.2 Å². The van der Waals surface area contributed by atoms with Gasteiger partial charge in [-0.1, -0.05) is 35.5 Å². The Labute approximate surface area is 182 Å². The van der Waals surface area contributed by atoms with Gasteiger partial charge in [0.05, 0.1) is 11.6 Å². The van der Waals surface area contributed by atoms with Crippen molar-refractivity contribution >= 4 is 17.7 Å². The average molecular weight is 445 g/mol. The summed E-state index contributed by atoms with van der Waals surface area (Å²) in [6.45, 7) is 4.13. The Hall–Kier alpha value is -2.85. The van der Waals surface area contributed by atoms with E-state index in [0.717, 1.165) is 5.56 Å². The molecule has 1 unspecified atom stereocenters. The Morgan fingerprint density at radius 3 is 2.55 bits per heavy atom. The van der Waals surface area contributed by atoms with Gasteiger partial charge in [-0.15, -0.1) is 0 Å². The maximum absolute atomic E-state index is 12.9. The maximum Gasteiger partial charge on any atom is 0.290 e. The number of rotatable bonds is 6. The van der Waals surface area contributed by atoms with Gasteiger partial charge in [0.25, 0.3) is 11.7 Å². The van der Waals surface area contributed by atoms with E-state index in [-0.39, 0.29) is 22.5 Å². The Morgan fingerprint density at radius 1 is 1.10 bits per heavy atom. The van der Waals surface area contributed by atoms with E-state index in [2.05, 4.69) is 20.0 Å². The van der Waals surface area contributed by atoms with Crippen molar-refractivity contribution in [2.75, 3.05) is 26.2 Å². The number of piperazine rings is 1. The Morgan fingerprint density at radius 2 is 1.84 bits per heavy atom. The van der Waals surface area contributed by atoms with Gasteiger partial charge in [-0.25, -0.2) is 4.98 Å². The van der Waals surface area contributed by atoms with E-state index in [1.807, 2.05) is 37.3 Å². The molecule has 7 nitrogen and oxygen atoms in total. The van der Waals surface area contributed by atoms with Crippen molar-refractivity contribution in [3.8, 4) is 11.4 Å². The third kappa shape index (κ3) is 4.91. The lowest BCUT2D eigenvalue weighted by Gasteiger charge is -2.37. The molecule has 162 valence electrons. The second-order valence-electron chi connectivity index (χ2n) is 7.06. The lowest BCUT2D eigenvalue weighted by molar-refractivity contribution is 0.0548. The summed E-state index contributed by atoms with van der Waals surface area (Å²) in [6, 6.07) is 12.6. The van der Waals surface area contributed by atoms with Crippen LogP contribution in [0.4, 0.5) is 8.78 Å². The van der Waals surface area contributed by atoms with Crippen LogP contribution in [-0.2, 0) is 0 Å². The van der Waals surface area contributed by atoms with E-state index in [1.54, 1.807) is 17.0 Å². The quantitative estimate of drug-likeness (QED) is 0.532. The molecule has 0 radical (unpaired) electrons. The highest BCUT2D eigenvalue weighted by Crippen LogP contribution is 2.28. The Kier molecular flexibility index (Phi) is 6.57. The summed E-state index contributed by atoms with van der Waals surface area (Å²) in [7, 11) is 0. The summed E-state index contributed by atoms with van der Waals surface area (Å²) in [6.07, 6.45) is 1.41. The Balaban J connectivity index is 1.39. The van der Waals surface area contributed by atoms with E-state index in [4.69, 9.17) is 4.52 Å². The van der Waals surface area contributed by atoms with Gasteiger partial charge < -0.3 is 9.42 Å². The molecule has 1 aromatic carbocycles. The number of pyridine rings is 1. The molecule has 1 saturated heterocycles. The molecule has 1 fully saturated rings. The van der Waals surface area contributed by atoms with Crippen molar-refractivity contribution < 1.29 is 18.1 Å². The number of alkyl halides is 2. The van der Waals surface area contributed by atoms with Crippen molar-refractivity contribution in [1.82, 2.24) is 24.9 Å². The van der Waals surface area contributed by atoms with Crippen molar-refractivity contribution in [3.05, 3.63) is 60.1 Å². The first-order valence-corrected chi connectivity index (χ1v) is 10.7. The summed E-state index contributed by atoms with van der Waals surface area (Å²) < 4.78 is 31.0. The van der Waals surface area contributed by atoms with Crippen LogP contribution in [0.2, 0.25) is 0 Å². The summed E-state index contributed by atoms with van der Waals surface area (Å²) in [5, 5.41) is 4.12. The molecule has 2 aromatic heterocycles. The molecule has 1 atom stereocenters. The maximum atomic E-state index is 12.9. The second-order valence-corrected chi connectivity index (χ2v) is 8.04. The number of hydrogen-bond acceptors (Lipinski definition) is 7. The molecule has 0 bridgehead atoms. The normalized spacial score (nSPS) is 15.9. The Bertz CT molecular complexity index is 1030. The van der Waals surface area contributed by atoms with Crippen molar-refractivity contribution in [2.24, 2.45) is 0 Å². The fraction of sp³-hybridized carbons (Fsp3) is 0.333. The topological polar surface area (TPSA) is 75.4 Å². The van der Waals surface area contributed by atoms with Gasteiger partial charge in [0.2, 0.25) is 11.7 Å². The third-order valence-corrected chi connectivity index (χ3v) is 5.91. The molecule has 0 saturated carbocycles. The number of thioether (sulfide) groups is 1. The molecule has 0 spiro atoms. The third-order valence-electron chi connectivity index (χ3n) is 5.18. The molecule has 10 heteroatoms. The molecule has 0 N–H and O–H groups in total. The van der Waals surface area contributed by atoms with E-state index in [1.165, 1.54) is 6.20 Å². The number of nitrogens with zero attached hydrogens (tertiary/aromatic N) is 5. The zero-order valence-electron chi connectivity index (χ0n) is 16.8. The number of halogens is 2. The van der Waals surface area contributed by atoms with Crippen LogP contribution in [0, 0.1) is 0 Å². The number of carbonyl (C=O) groups excluding carboxylic acids is 1. The average Bonchev–Trinajstić information content (AvgIpc) is 3.29. The van der Waals surface area contributed by atoms with Crippen molar-refractivity contribution in [2.45, 2.75) is 23.7 Å². The second kappa shape index (κ2) is 9.52. The van der Waals surface area contributed by atoms with Crippen LogP contribution in [0.25, 0.3) is 11.4 Å². The minimum Gasteiger partial charge on any atom is -0.337 e. The van der Waals surface area contributed by atoms with Gasteiger partial charge in [-0.05, 0) is 30.8 Å². The van der Waals surface area contributed by atoms with Gasteiger partial charge in [0.15, 0.2) is 0 Å². The number of amides is 1. The van der Waals surface area contributed by atoms with Crippen molar-refractivity contribution in [1.29, 1.82) is 0 Å². The molecule has 1 amide bonds. The van der Waals surface area contributed by atoms with Gasteiger partial charge in [-0.2, -0.15) is 13.8 Å². The first-order valence-electron chi connectivity index (χ1n) is 9.85. The van der Waals surface area contributed by atoms with Gasteiger partial charge >= 0.3 is 0 Å². The predicted molar refractivity (Wildman–Crippen MR) is 112 cm³/mol.